The third-order valence-electron chi connectivity index (χ3n) is 5.41. The number of ether oxygens (including phenoxy) is 1. The van der Waals surface area contributed by atoms with Crippen LogP contribution in [0.3, 0.4) is 0 Å². The maximum absolute atomic E-state index is 13.2. The molecule has 4 rings (SSSR count). The van der Waals surface area contributed by atoms with Gasteiger partial charge in [-0.1, -0.05) is 53.5 Å². The van der Waals surface area contributed by atoms with Gasteiger partial charge in [-0.15, -0.1) is 0 Å². The molecule has 1 heterocycles. The lowest BCUT2D eigenvalue weighted by Crippen LogP contribution is -2.29. The van der Waals surface area contributed by atoms with E-state index in [1.54, 1.807) is 67.8 Å². The molecule has 1 atom stereocenters. The molecule has 0 aromatic heterocycles. The van der Waals surface area contributed by atoms with E-state index < -0.39 is 17.7 Å². The Bertz CT molecular complexity index is 1250. The summed E-state index contributed by atoms with van der Waals surface area (Å²) >= 11 is 12.4. The Kier molecular flexibility index (Phi) is 5.96. The van der Waals surface area contributed by atoms with Crippen molar-refractivity contribution in [3.05, 3.63) is 99.0 Å². The number of hydrogen-bond donors (Lipinski definition) is 1. The molecule has 0 radical (unpaired) electrons. The number of anilines is 1. The van der Waals surface area contributed by atoms with Crippen LogP contribution in [0.5, 0.6) is 5.75 Å². The highest BCUT2D eigenvalue weighted by Gasteiger charge is 2.47. The Labute approximate surface area is 195 Å². The zero-order chi connectivity index (χ0) is 23.0. The molecule has 1 aliphatic rings. The minimum atomic E-state index is -0.862. The lowest BCUT2D eigenvalue weighted by atomic mass is 9.95. The molecule has 1 unspecified atom stereocenters. The molecule has 1 aliphatic heterocycles. The predicted molar refractivity (Wildman–Crippen MR) is 125 cm³/mol. The summed E-state index contributed by atoms with van der Waals surface area (Å²) in [5, 5.41) is 12.0. The summed E-state index contributed by atoms with van der Waals surface area (Å²) in [6.07, 6.45) is 0. The molecule has 5 nitrogen and oxygen atoms in total. The van der Waals surface area contributed by atoms with Gasteiger partial charge in [0.15, 0.2) is 0 Å². The minimum Gasteiger partial charge on any atom is -0.507 e. The second-order valence-electron chi connectivity index (χ2n) is 7.39. The van der Waals surface area contributed by atoms with Gasteiger partial charge in [0.1, 0.15) is 11.5 Å². The normalized spacial score (nSPS) is 17.6. The van der Waals surface area contributed by atoms with E-state index >= 15 is 0 Å². The number of carbonyl (C=O) groups excluding carboxylic acids is 2. The SMILES string of the molecule is COc1ccc(C2/C(=C(\O)c3cccc(Cl)c3)C(=O)C(=O)N2c2ccc(C)c(Cl)c2)cc1. The highest BCUT2D eigenvalue weighted by molar-refractivity contribution is 6.52. The van der Waals surface area contributed by atoms with Gasteiger partial charge in [-0.25, -0.2) is 0 Å². The van der Waals surface area contributed by atoms with Crippen LogP contribution in [-0.4, -0.2) is 23.9 Å². The van der Waals surface area contributed by atoms with Crippen LogP contribution >= 0.6 is 23.2 Å². The maximum Gasteiger partial charge on any atom is 0.300 e. The molecular formula is C25H19Cl2NO4. The first-order chi connectivity index (χ1) is 15.3. The zero-order valence-electron chi connectivity index (χ0n) is 17.3. The fraction of sp³-hybridized carbons (Fsp3) is 0.120. The van der Waals surface area contributed by atoms with Crippen LogP contribution in [0.15, 0.2) is 72.3 Å². The first-order valence-electron chi connectivity index (χ1n) is 9.79. The Morgan fingerprint density at radius 3 is 2.34 bits per heavy atom. The van der Waals surface area contributed by atoms with Gasteiger partial charge in [0, 0.05) is 21.3 Å². The zero-order valence-corrected chi connectivity index (χ0v) is 18.8. The molecular weight excluding hydrogens is 449 g/mol. The second kappa shape index (κ2) is 8.69. The van der Waals surface area contributed by atoms with Gasteiger partial charge in [-0.3, -0.25) is 14.5 Å². The summed E-state index contributed by atoms with van der Waals surface area (Å²) in [5.74, 6) is -1.22. The first kappa shape index (κ1) is 21.9. The molecule has 0 spiro atoms. The van der Waals surface area contributed by atoms with Crippen molar-refractivity contribution in [2.75, 3.05) is 12.0 Å². The van der Waals surface area contributed by atoms with Crippen LogP contribution in [0.4, 0.5) is 5.69 Å². The maximum atomic E-state index is 13.2. The molecule has 1 saturated heterocycles. The van der Waals surface area contributed by atoms with Crippen LogP contribution in [0.25, 0.3) is 5.76 Å². The van der Waals surface area contributed by atoms with Crippen molar-refractivity contribution in [2.45, 2.75) is 13.0 Å². The van der Waals surface area contributed by atoms with E-state index in [0.29, 0.717) is 32.6 Å². The van der Waals surface area contributed by atoms with Gasteiger partial charge in [-0.05, 0) is 54.4 Å². The van der Waals surface area contributed by atoms with E-state index in [0.717, 1.165) is 5.56 Å². The number of aliphatic hydroxyl groups is 1. The minimum absolute atomic E-state index is 0.0286. The Balaban J connectivity index is 1.95. The molecule has 0 bridgehead atoms. The largest absolute Gasteiger partial charge is 0.507 e. The van der Waals surface area contributed by atoms with Gasteiger partial charge >= 0.3 is 0 Å². The number of amides is 1. The van der Waals surface area contributed by atoms with E-state index in [1.165, 1.54) is 11.0 Å². The summed E-state index contributed by atoms with van der Waals surface area (Å²) in [6, 6.07) is 17.7. The lowest BCUT2D eigenvalue weighted by molar-refractivity contribution is -0.132. The molecule has 162 valence electrons. The van der Waals surface area contributed by atoms with Crippen molar-refractivity contribution in [1.29, 1.82) is 0 Å². The van der Waals surface area contributed by atoms with Crippen molar-refractivity contribution in [3.8, 4) is 5.75 Å². The van der Waals surface area contributed by atoms with Gasteiger partial charge in [0.25, 0.3) is 11.7 Å². The van der Waals surface area contributed by atoms with Gasteiger partial charge in [-0.2, -0.15) is 0 Å². The number of ketones is 1. The van der Waals surface area contributed by atoms with Crippen LogP contribution < -0.4 is 9.64 Å². The molecule has 0 aliphatic carbocycles. The Hall–Kier alpha value is -3.28. The molecule has 7 heteroatoms. The van der Waals surface area contributed by atoms with E-state index in [1.807, 2.05) is 6.92 Å². The third-order valence-corrected chi connectivity index (χ3v) is 6.05. The summed E-state index contributed by atoms with van der Waals surface area (Å²) in [5.41, 5.74) is 2.24. The van der Waals surface area contributed by atoms with Crippen molar-refractivity contribution < 1.29 is 19.4 Å². The first-order valence-corrected chi connectivity index (χ1v) is 10.5. The van der Waals surface area contributed by atoms with Gasteiger partial charge < -0.3 is 9.84 Å². The smallest absolute Gasteiger partial charge is 0.300 e. The van der Waals surface area contributed by atoms with E-state index in [4.69, 9.17) is 27.9 Å². The van der Waals surface area contributed by atoms with E-state index in [-0.39, 0.29) is 11.3 Å². The highest BCUT2D eigenvalue weighted by atomic mass is 35.5. The molecule has 1 fully saturated rings. The standard InChI is InChI=1S/C25H19Cl2NO4/c1-14-6-9-18(13-20(14)27)28-22(15-7-10-19(32-2)11-8-15)21(24(30)25(28)31)23(29)16-4-3-5-17(26)12-16/h3-13,22,29H,1-2H3/b23-21+. The predicted octanol–water partition coefficient (Wildman–Crippen LogP) is 5.94. The number of hydrogen-bond acceptors (Lipinski definition) is 4. The average Bonchev–Trinajstić information content (AvgIpc) is 3.06. The van der Waals surface area contributed by atoms with E-state index in [2.05, 4.69) is 0 Å². The number of methoxy groups -OCH3 is 1. The fourth-order valence-electron chi connectivity index (χ4n) is 3.72. The molecule has 1 amide bonds. The molecule has 3 aromatic rings. The van der Waals surface area contributed by atoms with Crippen LogP contribution in [0.2, 0.25) is 10.0 Å². The van der Waals surface area contributed by atoms with Crippen LogP contribution in [0, 0.1) is 6.92 Å². The van der Waals surface area contributed by atoms with Crippen molar-refractivity contribution >= 4 is 46.3 Å². The summed E-state index contributed by atoms with van der Waals surface area (Å²) in [7, 11) is 1.55. The summed E-state index contributed by atoms with van der Waals surface area (Å²) < 4.78 is 5.23. The monoisotopic (exact) mass is 467 g/mol. The number of aliphatic hydroxyl groups excluding tert-OH is 1. The number of carbonyl (C=O) groups is 2. The number of Topliss-reactive ketones (excluding diaryl/α,β-unsaturated/α-hetero) is 1. The highest BCUT2D eigenvalue weighted by Crippen LogP contribution is 2.43. The van der Waals surface area contributed by atoms with Crippen LogP contribution in [-0.2, 0) is 9.59 Å². The second-order valence-corrected chi connectivity index (χ2v) is 8.23. The number of halogens is 2. The number of rotatable bonds is 4. The van der Waals surface area contributed by atoms with Crippen molar-refractivity contribution in [2.24, 2.45) is 0 Å². The van der Waals surface area contributed by atoms with E-state index in [9.17, 15) is 14.7 Å². The molecule has 0 saturated carbocycles. The Morgan fingerprint density at radius 1 is 1.00 bits per heavy atom. The third kappa shape index (κ3) is 3.85. The fourth-order valence-corrected chi connectivity index (χ4v) is 4.09. The van der Waals surface area contributed by atoms with Crippen molar-refractivity contribution in [3.63, 3.8) is 0 Å². The van der Waals surface area contributed by atoms with Crippen molar-refractivity contribution in [1.82, 2.24) is 0 Å². The lowest BCUT2D eigenvalue weighted by Gasteiger charge is -2.26. The Morgan fingerprint density at radius 2 is 1.72 bits per heavy atom. The van der Waals surface area contributed by atoms with Gasteiger partial charge in [0.2, 0.25) is 0 Å². The molecule has 32 heavy (non-hydrogen) atoms. The number of aryl methyl sites for hydroxylation is 1. The topological polar surface area (TPSA) is 66.8 Å². The number of benzene rings is 3. The molecule has 1 N–H and O–H groups in total. The average molecular weight is 468 g/mol. The quantitative estimate of drug-likeness (QED) is 0.293. The summed E-state index contributed by atoms with van der Waals surface area (Å²) in [4.78, 5) is 27.7. The van der Waals surface area contributed by atoms with Gasteiger partial charge in [0.05, 0.1) is 18.7 Å². The molecule has 3 aromatic carbocycles. The number of nitrogens with zero attached hydrogens (tertiary/aromatic N) is 1. The summed E-state index contributed by atoms with van der Waals surface area (Å²) in [6.45, 7) is 1.85. The van der Waals surface area contributed by atoms with Crippen LogP contribution in [0.1, 0.15) is 22.7 Å².